The van der Waals surface area contributed by atoms with Gasteiger partial charge in [0.05, 0.1) is 10.7 Å². The van der Waals surface area contributed by atoms with Gasteiger partial charge in [-0.15, -0.1) is 0 Å². The Kier molecular flexibility index (Phi) is 5.72. The zero-order valence-corrected chi connectivity index (χ0v) is 15.3. The van der Waals surface area contributed by atoms with E-state index in [0.717, 1.165) is 0 Å². The van der Waals surface area contributed by atoms with Crippen molar-refractivity contribution in [3.8, 4) is 11.5 Å². The first-order valence-corrected chi connectivity index (χ1v) is 7.97. The van der Waals surface area contributed by atoms with Gasteiger partial charge >= 0.3 is 0 Å². The van der Waals surface area contributed by atoms with E-state index in [4.69, 9.17) is 27.4 Å². The van der Waals surface area contributed by atoms with Gasteiger partial charge < -0.3 is 15.2 Å². The van der Waals surface area contributed by atoms with Crippen LogP contribution >= 0.6 is 34.8 Å². The minimum Gasteiger partial charge on any atom is -0.493 e. The highest BCUT2D eigenvalue weighted by atomic mass is 127. The minimum atomic E-state index is -0.620. The smallest absolute Gasteiger partial charge is 0.263 e. The summed E-state index contributed by atoms with van der Waals surface area (Å²) in [5.74, 6) is -1.12. The van der Waals surface area contributed by atoms with E-state index in [2.05, 4.69) is 10.6 Å². The Labute approximate surface area is 155 Å². The van der Waals surface area contributed by atoms with Gasteiger partial charge in [-0.1, -0.05) is 0 Å². The van der Waals surface area contributed by atoms with Crippen LogP contribution < -0.4 is 25.8 Å². The number of methoxy groups -OCH3 is 1. The molecule has 1 aliphatic rings. The molecule has 3 amide bonds. The Morgan fingerprint density at radius 1 is 1.33 bits per heavy atom. The van der Waals surface area contributed by atoms with Crippen molar-refractivity contribution in [3.63, 3.8) is 0 Å². The first-order valence-electron chi connectivity index (χ1n) is 6.48. The lowest BCUT2D eigenvalue weighted by atomic mass is 10.1. The highest BCUT2D eigenvalue weighted by Gasteiger charge is 2.26. The molecule has 0 bridgehead atoms. The molecule has 4 N–H and O–H groups in total. The Balaban J connectivity index is 2.38. The predicted octanol–water partition coefficient (Wildman–Crippen LogP) is 0.0782. The van der Waals surface area contributed by atoms with Crippen molar-refractivity contribution in [1.82, 2.24) is 10.6 Å². The fraction of sp³-hybridized carbons (Fsp3) is 0.143. The van der Waals surface area contributed by atoms with Gasteiger partial charge in [0, 0.05) is 0 Å². The Hall–Kier alpha value is -2.21. The number of thiocarbonyl (C=S) groups is 1. The average Bonchev–Trinajstić information content (AvgIpc) is 2.49. The summed E-state index contributed by atoms with van der Waals surface area (Å²) in [5, 5.41) is 4.66. The van der Waals surface area contributed by atoms with Crippen molar-refractivity contribution in [2.24, 2.45) is 5.73 Å². The van der Waals surface area contributed by atoms with Crippen LogP contribution in [0.2, 0.25) is 0 Å². The van der Waals surface area contributed by atoms with Crippen molar-refractivity contribution in [1.29, 1.82) is 0 Å². The monoisotopic (exact) mass is 461 g/mol. The van der Waals surface area contributed by atoms with Crippen molar-refractivity contribution in [2.45, 2.75) is 0 Å². The SMILES string of the molecule is COc1cc(C=C2C(=O)NC(=S)NC2=O)cc(I)c1OCC(N)=O. The lowest BCUT2D eigenvalue weighted by molar-refractivity contribution is -0.123. The fourth-order valence-electron chi connectivity index (χ4n) is 1.88. The number of ether oxygens (including phenoxy) is 2. The summed E-state index contributed by atoms with van der Waals surface area (Å²) >= 11 is 6.72. The van der Waals surface area contributed by atoms with Crippen LogP contribution in [0.3, 0.4) is 0 Å². The number of primary amides is 1. The van der Waals surface area contributed by atoms with E-state index in [1.54, 1.807) is 12.1 Å². The van der Waals surface area contributed by atoms with Crippen LogP contribution in [0.1, 0.15) is 5.56 Å². The second-order valence-corrected chi connectivity index (χ2v) is 6.15. The number of nitrogens with one attached hydrogen (secondary N) is 2. The van der Waals surface area contributed by atoms with Crippen LogP contribution in [0.15, 0.2) is 17.7 Å². The molecule has 0 aromatic heterocycles. The van der Waals surface area contributed by atoms with Crippen molar-refractivity contribution in [2.75, 3.05) is 13.7 Å². The Morgan fingerprint density at radius 3 is 2.50 bits per heavy atom. The molecule has 8 nitrogen and oxygen atoms in total. The maximum atomic E-state index is 11.9. The van der Waals surface area contributed by atoms with Crippen LogP contribution in [-0.4, -0.2) is 36.6 Å². The molecule has 1 heterocycles. The summed E-state index contributed by atoms with van der Waals surface area (Å²) in [6.07, 6.45) is 1.40. The van der Waals surface area contributed by atoms with Crippen molar-refractivity contribution in [3.05, 3.63) is 26.8 Å². The Morgan fingerprint density at radius 2 is 1.96 bits per heavy atom. The van der Waals surface area contributed by atoms with Crippen molar-refractivity contribution >= 4 is 63.7 Å². The quantitative estimate of drug-likeness (QED) is 0.247. The molecule has 0 saturated carbocycles. The first kappa shape index (κ1) is 18.1. The molecular weight excluding hydrogens is 449 g/mol. The molecular formula is C14H12IN3O5S. The number of carbonyl (C=O) groups excluding carboxylic acids is 3. The topological polar surface area (TPSA) is 120 Å². The molecule has 0 aliphatic carbocycles. The van der Waals surface area contributed by atoms with Crippen LogP contribution in [-0.2, 0) is 14.4 Å². The molecule has 1 saturated heterocycles. The lowest BCUT2D eigenvalue weighted by Gasteiger charge is -2.17. The van der Waals surface area contributed by atoms with Gasteiger partial charge in [-0.2, -0.15) is 0 Å². The highest BCUT2D eigenvalue weighted by molar-refractivity contribution is 14.1. The highest BCUT2D eigenvalue weighted by Crippen LogP contribution is 2.34. The van der Waals surface area contributed by atoms with E-state index >= 15 is 0 Å². The van der Waals surface area contributed by atoms with Crippen LogP contribution in [0.25, 0.3) is 6.08 Å². The second kappa shape index (κ2) is 7.57. The number of halogens is 1. The number of benzene rings is 1. The number of rotatable bonds is 5. The molecule has 2 rings (SSSR count). The summed E-state index contributed by atoms with van der Waals surface area (Å²) in [6, 6.07) is 3.23. The van der Waals surface area contributed by atoms with E-state index in [1.165, 1.54) is 13.2 Å². The van der Waals surface area contributed by atoms with Crippen molar-refractivity contribution < 1.29 is 23.9 Å². The molecule has 0 unspecified atom stereocenters. The number of amides is 3. The molecule has 1 aromatic rings. The fourth-order valence-corrected chi connectivity index (χ4v) is 2.85. The summed E-state index contributed by atoms with van der Waals surface area (Å²) in [5.41, 5.74) is 5.51. The van der Waals surface area contributed by atoms with E-state index < -0.39 is 17.7 Å². The second-order valence-electron chi connectivity index (χ2n) is 4.58. The van der Waals surface area contributed by atoms with Gasteiger partial charge in [-0.05, 0) is 58.6 Å². The van der Waals surface area contributed by atoms with E-state index in [-0.39, 0.29) is 17.3 Å². The Bertz CT molecular complexity index is 756. The zero-order chi connectivity index (χ0) is 17.9. The molecule has 1 aliphatic heterocycles. The van der Waals surface area contributed by atoms with Crippen LogP contribution in [0, 0.1) is 3.57 Å². The van der Waals surface area contributed by atoms with Crippen LogP contribution in [0.5, 0.6) is 11.5 Å². The van der Waals surface area contributed by atoms with Gasteiger partial charge in [-0.3, -0.25) is 25.0 Å². The molecule has 1 aromatic carbocycles. The maximum absolute atomic E-state index is 11.9. The third kappa shape index (κ3) is 4.20. The predicted molar refractivity (Wildman–Crippen MR) is 97.3 cm³/mol. The van der Waals surface area contributed by atoms with Gasteiger partial charge in [0.25, 0.3) is 17.7 Å². The molecule has 126 valence electrons. The summed E-state index contributed by atoms with van der Waals surface area (Å²) < 4.78 is 11.2. The molecule has 1 fully saturated rings. The molecule has 24 heavy (non-hydrogen) atoms. The average molecular weight is 461 g/mol. The van der Waals surface area contributed by atoms with Gasteiger partial charge in [-0.25, -0.2) is 0 Å². The van der Waals surface area contributed by atoms with Gasteiger partial charge in [0.1, 0.15) is 5.57 Å². The number of hydrogen-bond donors (Lipinski definition) is 3. The van der Waals surface area contributed by atoms with Gasteiger partial charge in [0.15, 0.2) is 23.2 Å². The third-order valence-corrected chi connectivity index (χ3v) is 3.87. The zero-order valence-electron chi connectivity index (χ0n) is 12.3. The van der Waals surface area contributed by atoms with E-state index in [9.17, 15) is 14.4 Å². The van der Waals surface area contributed by atoms with E-state index in [0.29, 0.717) is 20.6 Å². The third-order valence-electron chi connectivity index (χ3n) is 2.86. The maximum Gasteiger partial charge on any atom is 0.263 e. The number of carbonyl (C=O) groups is 3. The largest absolute Gasteiger partial charge is 0.493 e. The lowest BCUT2D eigenvalue weighted by Crippen LogP contribution is -2.51. The molecule has 0 spiro atoms. The standard InChI is InChI=1S/C14H12IN3O5S/c1-22-9-4-6(3-8(15)11(9)23-5-10(16)19)2-7-12(20)17-14(24)18-13(7)21/h2-4H,5H2,1H3,(H2,16,19)(H2,17,18,20,21,24). The van der Waals surface area contributed by atoms with Gasteiger partial charge in [0.2, 0.25) is 0 Å². The summed E-state index contributed by atoms with van der Waals surface area (Å²) in [6.45, 7) is -0.297. The first-order chi connectivity index (χ1) is 11.3. The normalized spacial score (nSPS) is 13.9. The molecule has 0 radical (unpaired) electrons. The van der Waals surface area contributed by atoms with E-state index in [1.807, 2.05) is 22.6 Å². The number of nitrogens with two attached hydrogens (primary N) is 1. The number of hydrogen-bond acceptors (Lipinski definition) is 6. The molecule has 10 heteroatoms. The summed E-state index contributed by atoms with van der Waals surface area (Å²) in [4.78, 5) is 34.6. The summed E-state index contributed by atoms with van der Waals surface area (Å²) in [7, 11) is 1.43. The minimum absolute atomic E-state index is 0.0375. The molecule has 0 atom stereocenters. The van der Waals surface area contributed by atoms with Crippen LogP contribution in [0.4, 0.5) is 0 Å².